The second-order valence-electron chi connectivity index (χ2n) is 8.31. The monoisotopic (exact) mass is 415 g/mol. The molecule has 1 aliphatic carbocycles. The van der Waals surface area contributed by atoms with Crippen LogP contribution in [0.15, 0.2) is 55.1 Å². The quantitative estimate of drug-likeness (QED) is 0.572. The van der Waals surface area contributed by atoms with Crippen LogP contribution in [0.2, 0.25) is 0 Å². The number of carbonyl (C=O) groups is 1. The van der Waals surface area contributed by atoms with Gasteiger partial charge >= 0.3 is 0 Å². The predicted molar refractivity (Wildman–Crippen MR) is 123 cm³/mol. The fourth-order valence-electron chi connectivity index (χ4n) is 4.23. The molecule has 3 aromatic rings. The summed E-state index contributed by atoms with van der Waals surface area (Å²) in [6.07, 6.45) is 11.2. The first kappa shape index (κ1) is 21.0. The first-order chi connectivity index (χ1) is 15.1. The number of anilines is 2. The maximum absolute atomic E-state index is 12.9. The molecule has 1 amide bonds. The number of hydrogen-bond donors (Lipinski definition) is 2. The zero-order valence-corrected chi connectivity index (χ0v) is 18.1. The summed E-state index contributed by atoms with van der Waals surface area (Å²) >= 11 is 0. The fraction of sp³-hybridized carbons (Fsp3) is 0.360. The Morgan fingerprint density at radius 3 is 2.68 bits per heavy atom. The summed E-state index contributed by atoms with van der Waals surface area (Å²) < 4.78 is 0. The minimum absolute atomic E-state index is 0.0295. The molecule has 0 bridgehead atoms. The minimum atomic E-state index is -0.0295. The Hall–Kier alpha value is -3.28. The van der Waals surface area contributed by atoms with Crippen molar-refractivity contribution in [2.75, 3.05) is 5.32 Å². The van der Waals surface area contributed by atoms with Gasteiger partial charge in [0.25, 0.3) is 5.91 Å². The Morgan fingerprint density at radius 2 is 1.90 bits per heavy atom. The minimum Gasteiger partial charge on any atom is -0.349 e. The third-order valence-electron chi connectivity index (χ3n) is 6.13. The third-order valence-corrected chi connectivity index (χ3v) is 6.13. The highest BCUT2D eigenvalue weighted by Crippen LogP contribution is 2.29. The highest BCUT2D eigenvalue weighted by molar-refractivity contribution is 5.96. The molecular formula is C25H29N5O. The average molecular weight is 416 g/mol. The molecule has 0 spiro atoms. The van der Waals surface area contributed by atoms with Gasteiger partial charge in [-0.05, 0) is 68.5 Å². The lowest BCUT2D eigenvalue weighted by atomic mass is 9.84. The molecule has 4 rings (SSSR count). The lowest BCUT2D eigenvalue weighted by Crippen LogP contribution is -2.38. The van der Waals surface area contributed by atoms with E-state index in [1.165, 1.54) is 38.4 Å². The van der Waals surface area contributed by atoms with Crippen LogP contribution < -0.4 is 10.6 Å². The van der Waals surface area contributed by atoms with Gasteiger partial charge in [0.1, 0.15) is 12.1 Å². The van der Waals surface area contributed by atoms with Crippen LogP contribution >= 0.6 is 0 Å². The lowest BCUT2D eigenvalue weighted by molar-refractivity contribution is 0.0919. The number of nitrogens with zero attached hydrogens (tertiary/aromatic N) is 3. The molecule has 2 heterocycles. The molecule has 1 saturated carbocycles. The standard InChI is InChI=1S/C25H29N5O/c1-17-10-11-20(25(31)29-18(2)19-7-4-3-5-8-19)15-23(17)30-24-21(9-6-13-27-24)22-12-14-26-16-28-22/h6,9-16,18-19H,3-5,7-8H2,1-2H3,(H,27,30)(H,29,31)/t18-/m1/s1. The number of carbonyl (C=O) groups excluding carboxylic acids is 1. The lowest BCUT2D eigenvalue weighted by Gasteiger charge is -2.28. The third kappa shape index (κ3) is 5.08. The van der Waals surface area contributed by atoms with Gasteiger partial charge in [-0.2, -0.15) is 0 Å². The van der Waals surface area contributed by atoms with Crippen molar-refractivity contribution in [2.24, 2.45) is 5.92 Å². The number of aromatic nitrogens is 3. The molecule has 2 N–H and O–H groups in total. The molecule has 1 aromatic carbocycles. The molecule has 160 valence electrons. The zero-order chi connectivity index (χ0) is 21.6. The number of aryl methyl sites for hydroxylation is 1. The topological polar surface area (TPSA) is 79.8 Å². The molecule has 0 aliphatic heterocycles. The van der Waals surface area contributed by atoms with Crippen LogP contribution in [0.3, 0.4) is 0 Å². The molecular weight excluding hydrogens is 386 g/mol. The van der Waals surface area contributed by atoms with Crippen molar-refractivity contribution in [2.45, 2.75) is 52.0 Å². The highest BCUT2D eigenvalue weighted by atomic mass is 16.1. The van der Waals surface area contributed by atoms with Gasteiger partial charge in [-0.25, -0.2) is 15.0 Å². The summed E-state index contributed by atoms with van der Waals surface area (Å²) in [4.78, 5) is 25.8. The zero-order valence-electron chi connectivity index (χ0n) is 18.1. The van der Waals surface area contributed by atoms with Crippen molar-refractivity contribution >= 4 is 17.4 Å². The van der Waals surface area contributed by atoms with E-state index in [0.717, 1.165) is 22.5 Å². The van der Waals surface area contributed by atoms with Crippen molar-refractivity contribution < 1.29 is 4.79 Å². The fourth-order valence-corrected chi connectivity index (χ4v) is 4.23. The molecule has 0 radical (unpaired) electrons. The normalized spacial score (nSPS) is 15.3. The van der Waals surface area contributed by atoms with E-state index >= 15 is 0 Å². The van der Waals surface area contributed by atoms with E-state index in [4.69, 9.17) is 0 Å². The van der Waals surface area contributed by atoms with E-state index in [9.17, 15) is 4.79 Å². The molecule has 1 fully saturated rings. The van der Waals surface area contributed by atoms with Crippen molar-refractivity contribution in [3.8, 4) is 11.3 Å². The number of hydrogen-bond acceptors (Lipinski definition) is 5. The number of rotatable bonds is 6. The van der Waals surface area contributed by atoms with Crippen molar-refractivity contribution in [1.29, 1.82) is 0 Å². The molecule has 6 nitrogen and oxygen atoms in total. The molecule has 0 saturated heterocycles. The van der Waals surface area contributed by atoms with Crippen molar-refractivity contribution in [3.63, 3.8) is 0 Å². The van der Waals surface area contributed by atoms with E-state index in [1.54, 1.807) is 12.4 Å². The molecule has 0 unspecified atom stereocenters. The van der Waals surface area contributed by atoms with Gasteiger partial charge in [-0.1, -0.05) is 25.3 Å². The van der Waals surface area contributed by atoms with Crippen LogP contribution in [0.1, 0.15) is 54.9 Å². The van der Waals surface area contributed by atoms with Gasteiger partial charge in [0.15, 0.2) is 0 Å². The molecule has 1 atom stereocenters. The van der Waals surface area contributed by atoms with Crippen LogP contribution in [0, 0.1) is 12.8 Å². The van der Waals surface area contributed by atoms with Gasteiger partial charge in [0.05, 0.1) is 5.69 Å². The second-order valence-corrected chi connectivity index (χ2v) is 8.31. The molecule has 31 heavy (non-hydrogen) atoms. The van der Waals surface area contributed by atoms with E-state index in [0.29, 0.717) is 17.3 Å². The second kappa shape index (κ2) is 9.69. The maximum atomic E-state index is 12.9. The Morgan fingerprint density at radius 1 is 1.06 bits per heavy atom. The Bertz CT molecular complexity index is 1030. The number of benzene rings is 1. The van der Waals surface area contributed by atoms with Gasteiger partial charge in [-0.3, -0.25) is 4.79 Å². The number of pyridine rings is 1. The Balaban J connectivity index is 1.53. The van der Waals surface area contributed by atoms with Crippen LogP contribution in [0.5, 0.6) is 0 Å². The van der Waals surface area contributed by atoms with E-state index in [2.05, 4.69) is 32.5 Å². The summed E-state index contributed by atoms with van der Waals surface area (Å²) in [6, 6.07) is 11.6. The van der Waals surface area contributed by atoms with E-state index < -0.39 is 0 Å². The maximum Gasteiger partial charge on any atom is 0.251 e. The summed E-state index contributed by atoms with van der Waals surface area (Å²) in [5, 5.41) is 6.61. The molecule has 2 aromatic heterocycles. The van der Waals surface area contributed by atoms with Crippen molar-refractivity contribution in [1.82, 2.24) is 20.3 Å². The Kier molecular flexibility index (Phi) is 6.55. The summed E-state index contributed by atoms with van der Waals surface area (Å²) in [5.74, 6) is 1.24. The molecule has 6 heteroatoms. The van der Waals surface area contributed by atoms with Crippen LogP contribution in [-0.4, -0.2) is 26.9 Å². The van der Waals surface area contributed by atoms with Gasteiger partial charge in [0, 0.05) is 35.2 Å². The highest BCUT2D eigenvalue weighted by Gasteiger charge is 2.22. The first-order valence-electron chi connectivity index (χ1n) is 11.0. The Labute approximate surface area is 183 Å². The van der Waals surface area contributed by atoms with E-state index in [1.807, 2.05) is 43.3 Å². The van der Waals surface area contributed by atoms with Gasteiger partial charge in [0.2, 0.25) is 0 Å². The van der Waals surface area contributed by atoms with E-state index in [-0.39, 0.29) is 11.9 Å². The summed E-state index contributed by atoms with van der Waals surface area (Å²) in [6.45, 7) is 4.14. The first-order valence-corrected chi connectivity index (χ1v) is 11.0. The summed E-state index contributed by atoms with van der Waals surface area (Å²) in [7, 11) is 0. The average Bonchev–Trinajstić information content (AvgIpc) is 2.82. The van der Waals surface area contributed by atoms with Crippen LogP contribution in [-0.2, 0) is 0 Å². The number of nitrogens with one attached hydrogen (secondary N) is 2. The smallest absolute Gasteiger partial charge is 0.251 e. The van der Waals surface area contributed by atoms with Crippen LogP contribution in [0.4, 0.5) is 11.5 Å². The van der Waals surface area contributed by atoms with Gasteiger partial charge in [-0.15, -0.1) is 0 Å². The van der Waals surface area contributed by atoms with Crippen LogP contribution in [0.25, 0.3) is 11.3 Å². The predicted octanol–water partition coefficient (Wildman–Crippen LogP) is 5.29. The van der Waals surface area contributed by atoms with Crippen molar-refractivity contribution in [3.05, 3.63) is 66.2 Å². The number of amides is 1. The largest absolute Gasteiger partial charge is 0.349 e. The molecule has 1 aliphatic rings. The SMILES string of the molecule is Cc1ccc(C(=O)N[C@H](C)C2CCCCC2)cc1Nc1ncccc1-c1ccncn1. The van der Waals surface area contributed by atoms with Gasteiger partial charge < -0.3 is 10.6 Å². The summed E-state index contributed by atoms with van der Waals surface area (Å²) in [5.41, 5.74) is 4.21.